The third-order valence-corrected chi connectivity index (χ3v) is 7.33. The van der Waals surface area contributed by atoms with Gasteiger partial charge < -0.3 is 20.7 Å². The predicted octanol–water partition coefficient (Wildman–Crippen LogP) is 7.34. The quantitative estimate of drug-likeness (QED) is 0.143. The van der Waals surface area contributed by atoms with Gasteiger partial charge in [0.2, 0.25) is 0 Å². The minimum absolute atomic E-state index is 0.00611. The molecule has 0 bridgehead atoms. The minimum Gasteiger partial charge on any atom is -0.444 e. The van der Waals surface area contributed by atoms with Crippen LogP contribution >= 0.6 is 23.4 Å². The third kappa shape index (κ3) is 7.96. The molecule has 3 aromatic carbocycles. The zero-order chi connectivity index (χ0) is 31.7. The molecule has 4 rings (SSSR count). The molecule has 1 heterocycles. The molecule has 0 spiro atoms. The standard InChI is InChI=1S/C29H25ClF5N3O4S/c1-28(2,3)42-27(41)36-6-7-43-18-12-20-23(24(38-26(20)40)19-11-16(31)4-5-21(19)30)22(13-18)37-25(39)14-8-15(29(33,34)35)10-17(32)9-14/h4-5,8-13,24H,6-7H2,1-3H3,(H,36,41)(H,37,39)(H,38,40). The van der Waals surface area contributed by atoms with Crippen LogP contribution in [0.15, 0.2) is 53.4 Å². The van der Waals surface area contributed by atoms with Gasteiger partial charge in [-0.25, -0.2) is 13.6 Å². The second kappa shape index (κ2) is 12.4. The number of amides is 3. The van der Waals surface area contributed by atoms with E-state index in [-0.39, 0.29) is 40.0 Å². The number of carbonyl (C=O) groups is 3. The van der Waals surface area contributed by atoms with Crippen molar-refractivity contribution in [2.75, 3.05) is 17.6 Å². The lowest BCUT2D eigenvalue weighted by atomic mass is 9.96. The van der Waals surface area contributed by atoms with Crippen molar-refractivity contribution in [3.63, 3.8) is 0 Å². The minimum atomic E-state index is -4.90. The number of rotatable bonds is 7. The maximum absolute atomic E-state index is 14.2. The van der Waals surface area contributed by atoms with Crippen molar-refractivity contribution < 1.29 is 41.1 Å². The fourth-order valence-corrected chi connectivity index (χ4v) is 5.35. The van der Waals surface area contributed by atoms with Crippen molar-refractivity contribution in [1.29, 1.82) is 0 Å². The molecule has 0 saturated heterocycles. The van der Waals surface area contributed by atoms with Crippen LogP contribution in [0.5, 0.6) is 0 Å². The van der Waals surface area contributed by atoms with E-state index in [2.05, 4.69) is 16.0 Å². The third-order valence-electron chi connectivity index (χ3n) is 6.01. The van der Waals surface area contributed by atoms with Gasteiger partial charge in [0.15, 0.2) is 0 Å². The summed E-state index contributed by atoms with van der Waals surface area (Å²) in [7, 11) is 0. The summed E-state index contributed by atoms with van der Waals surface area (Å²) in [5.74, 6) is -3.25. The molecule has 0 aromatic heterocycles. The van der Waals surface area contributed by atoms with E-state index >= 15 is 0 Å². The van der Waals surface area contributed by atoms with Gasteiger partial charge in [-0.05, 0) is 69.3 Å². The van der Waals surface area contributed by atoms with Gasteiger partial charge in [-0.2, -0.15) is 13.2 Å². The number of carbonyl (C=O) groups excluding carboxylic acids is 3. The Hall–Kier alpha value is -3.84. The SMILES string of the molecule is CC(C)(C)OC(=O)NCCSc1cc(NC(=O)c2cc(F)cc(C(F)(F)F)c2)c2c(c1)C(=O)NC2c1cc(F)ccc1Cl. The Morgan fingerprint density at radius 2 is 1.74 bits per heavy atom. The van der Waals surface area contributed by atoms with Crippen molar-refractivity contribution >= 4 is 47.0 Å². The van der Waals surface area contributed by atoms with Crippen LogP contribution in [0.4, 0.5) is 32.4 Å². The fourth-order valence-electron chi connectivity index (χ4n) is 4.28. The monoisotopic (exact) mass is 641 g/mol. The van der Waals surface area contributed by atoms with Gasteiger partial charge in [0.1, 0.15) is 17.2 Å². The van der Waals surface area contributed by atoms with Gasteiger partial charge in [-0.15, -0.1) is 11.8 Å². The lowest BCUT2D eigenvalue weighted by Crippen LogP contribution is -2.33. The number of ether oxygens (including phenoxy) is 1. The molecule has 7 nitrogen and oxygen atoms in total. The molecule has 0 radical (unpaired) electrons. The van der Waals surface area contributed by atoms with Gasteiger partial charge in [-0.3, -0.25) is 9.59 Å². The summed E-state index contributed by atoms with van der Waals surface area (Å²) >= 11 is 7.50. The molecular weight excluding hydrogens is 617 g/mol. The largest absolute Gasteiger partial charge is 0.444 e. The van der Waals surface area contributed by atoms with Crippen LogP contribution in [0.25, 0.3) is 0 Å². The van der Waals surface area contributed by atoms with E-state index in [4.69, 9.17) is 16.3 Å². The Morgan fingerprint density at radius 1 is 1.02 bits per heavy atom. The number of alkyl carbamates (subject to hydrolysis) is 1. The maximum atomic E-state index is 14.2. The van der Waals surface area contributed by atoms with Gasteiger partial charge in [0.25, 0.3) is 11.8 Å². The summed E-state index contributed by atoms with van der Waals surface area (Å²) in [4.78, 5) is 38.6. The topological polar surface area (TPSA) is 96.5 Å². The Bertz CT molecular complexity index is 1590. The molecule has 3 amide bonds. The van der Waals surface area contributed by atoms with Crippen molar-refractivity contribution in [2.24, 2.45) is 0 Å². The lowest BCUT2D eigenvalue weighted by Gasteiger charge is -2.20. The first-order valence-corrected chi connectivity index (χ1v) is 14.1. The molecule has 0 saturated carbocycles. The van der Waals surface area contributed by atoms with Gasteiger partial charge in [0, 0.05) is 50.2 Å². The number of thioether (sulfide) groups is 1. The molecule has 1 atom stereocenters. The Balaban J connectivity index is 1.68. The summed E-state index contributed by atoms with van der Waals surface area (Å²) in [6.07, 6.45) is -5.53. The number of alkyl halides is 3. The number of hydrogen-bond donors (Lipinski definition) is 3. The Morgan fingerprint density at radius 3 is 2.42 bits per heavy atom. The van der Waals surface area contributed by atoms with Crippen molar-refractivity contribution in [3.05, 3.63) is 93.0 Å². The van der Waals surface area contributed by atoms with E-state index in [0.29, 0.717) is 22.8 Å². The first kappa shape index (κ1) is 32.1. The molecule has 1 aliphatic heterocycles. The average Bonchev–Trinajstić information content (AvgIpc) is 3.22. The maximum Gasteiger partial charge on any atom is 0.416 e. The Kier molecular flexibility index (Phi) is 9.26. The van der Waals surface area contributed by atoms with Crippen LogP contribution in [-0.2, 0) is 10.9 Å². The molecule has 228 valence electrons. The van der Waals surface area contributed by atoms with Gasteiger partial charge >= 0.3 is 12.3 Å². The van der Waals surface area contributed by atoms with Crippen molar-refractivity contribution in [2.45, 2.75) is 43.5 Å². The molecular formula is C29H25ClF5N3O4S. The number of fused-ring (bicyclic) bond motifs is 1. The van der Waals surface area contributed by atoms with Crippen LogP contribution in [0.3, 0.4) is 0 Å². The van der Waals surface area contributed by atoms with Crippen molar-refractivity contribution in [1.82, 2.24) is 10.6 Å². The van der Waals surface area contributed by atoms with Gasteiger partial charge in [0.05, 0.1) is 11.6 Å². The van der Waals surface area contributed by atoms with Crippen molar-refractivity contribution in [3.8, 4) is 0 Å². The molecule has 3 aromatic rings. The van der Waals surface area contributed by atoms with Gasteiger partial charge in [-0.1, -0.05) is 11.6 Å². The first-order valence-electron chi connectivity index (χ1n) is 12.7. The second-order valence-corrected chi connectivity index (χ2v) is 12.0. The number of hydrogen-bond acceptors (Lipinski definition) is 5. The predicted molar refractivity (Wildman–Crippen MR) is 151 cm³/mol. The summed E-state index contributed by atoms with van der Waals surface area (Å²) in [6, 6.07) is 6.92. The molecule has 14 heteroatoms. The Labute approximate surface area is 252 Å². The molecule has 43 heavy (non-hydrogen) atoms. The molecule has 1 aliphatic rings. The smallest absolute Gasteiger partial charge is 0.416 e. The van der Waals surface area contributed by atoms with Crippen LogP contribution in [0.2, 0.25) is 5.02 Å². The highest BCUT2D eigenvalue weighted by Gasteiger charge is 2.36. The highest BCUT2D eigenvalue weighted by atomic mass is 35.5. The molecule has 0 aliphatic carbocycles. The second-order valence-electron chi connectivity index (χ2n) is 10.5. The van der Waals surface area contributed by atoms with E-state index in [1.54, 1.807) is 20.8 Å². The van der Waals surface area contributed by atoms with E-state index in [0.717, 1.165) is 12.1 Å². The fraction of sp³-hybridized carbons (Fsp3) is 0.276. The highest BCUT2D eigenvalue weighted by molar-refractivity contribution is 7.99. The molecule has 1 unspecified atom stereocenters. The van der Waals surface area contributed by atoms with E-state index in [9.17, 15) is 36.3 Å². The number of anilines is 1. The zero-order valence-electron chi connectivity index (χ0n) is 22.9. The zero-order valence-corrected chi connectivity index (χ0v) is 24.5. The summed E-state index contributed by atoms with van der Waals surface area (Å²) in [6.45, 7) is 5.32. The van der Waals surface area contributed by atoms with E-state index < -0.39 is 58.5 Å². The van der Waals surface area contributed by atoms with Crippen LogP contribution in [0, 0.1) is 11.6 Å². The number of benzene rings is 3. The molecule has 0 fully saturated rings. The average molecular weight is 642 g/mol. The first-order chi connectivity index (χ1) is 20.0. The highest BCUT2D eigenvalue weighted by Crippen LogP contribution is 2.42. The number of halogens is 6. The summed E-state index contributed by atoms with van der Waals surface area (Å²) in [5, 5.41) is 7.89. The van der Waals surface area contributed by atoms with E-state index in [1.165, 1.54) is 30.0 Å². The van der Waals surface area contributed by atoms with Crippen LogP contribution < -0.4 is 16.0 Å². The van der Waals surface area contributed by atoms with Crippen LogP contribution in [0.1, 0.15) is 64.2 Å². The van der Waals surface area contributed by atoms with E-state index in [1.807, 2.05) is 0 Å². The lowest BCUT2D eigenvalue weighted by molar-refractivity contribution is -0.137. The number of nitrogens with one attached hydrogen (secondary N) is 3. The molecule has 3 N–H and O–H groups in total. The van der Waals surface area contributed by atoms with Crippen LogP contribution in [-0.4, -0.2) is 35.8 Å². The normalized spacial score (nSPS) is 14.6. The summed E-state index contributed by atoms with van der Waals surface area (Å²) < 4.78 is 73.2. The summed E-state index contributed by atoms with van der Waals surface area (Å²) in [5.41, 5.74) is -2.19.